The van der Waals surface area contributed by atoms with E-state index in [0.29, 0.717) is 11.5 Å². The van der Waals surface area contributed by atoms with E-state index in [1.54, 1.807) is 7.05 Å². The Kier molecular flexibility index (Phi) is 5.34. The summed E-state index contributed by atoms with van der Waals surface area (Å²) in [5.41, 5.74) is 0.619. The van der Waals surface area contributed by atoms with Gasteiger partial charge in [0.15, 0.2) is 11.6 Å². The van der Waals surface area contributed by atoms with Crippen molar-refractivity contribution in [2.24, 2.45) is 5.92 Å². The van der Waals surface area contributed by atoms with E-state index < -0.39 is 11.6 Å². The molecule has 0 aromatic heterocycles. The summed E-state index contributed by atoms with van der Waals surface area (Å²) in [6, 6.07) is 2.16. The minimum absolute atomic E-state index is 0.0578. The van der Waals surface area contributed by atoms with Crippen molar-refractivity contribution in [1.29, 1.82) is 0 Å². The zero-order valence-corrected chi connectivity index (χ0v) is 11.1. The van der Waals surface area contributed by atoms with Gasteiger partial charge in [0.1, 0.15) is 0 Å². The van der Waals surface area contributed by atoms with Gasteiger partial charge in [0.25, 0.3) is 0 Å². The Balaban J connectivity index is 3.07. The maximum absolute atomic E-state index is 13.2. The van der Waals surface area contributed by atoms with Crippen LogP contribution in [0.15, 0.2) is 12.1 Å². The summed E-state index contributed by atoms with van der Waals surface area (Å²) < 4.78 is 26.2. The molecule has 0 aliphatic heterocycles. The Morgan fingerprint density at radius 2 is 1.88 bits per heavy atom. The first kappa shape index (κ1) is 14.4. The molecular weight excluding hydrogens is 244 g/mol. The van der Waals surface area contributed by atoms with Gasteiger partial charge in [-0.2, -0.15) is 0 Å². The second kappa shape index (κ2) is 6.31. The maximum atomic E-state index is 13.2. The van der Waals surface area contributed by atoms with Crippen molar-refractivity contribution in [2.45, 2.75) is 32.7 Å². The van der Waals surface area contributed by atoms with Gasteiger partial charge in [-0.05, 0) is 37.1 Å². The lowest BCUT2D eigenvalue weighted by Gasteiger charge is -2.24. The molecule has 96 valence electrons. The van der Waals surface area contributed by atoms with Gasteiger partial charge < -0.3 is 5.32 Å². The summed E-state index contributed by atoms with van der Waals surface area (Å²) >= 11 is 5.97. The smallest absolute Gasteiger partial charge is 0.160 e. The van der Waals surface area contributed by atoms with Crippen molar-refractivity contribution in [2.75, 3.05) is 7.05 Å². The quantitative estimate of drug-likeness (QED) is 0.779. The highest BCUT2D eigenvalue weighted by molar-refractivity contribution is 6.31. The Labute approximate surface area is 106 Å². The van der Waals surface area contributed by atoms with Gasteiger partial charge in [0.05, 0.1) is 0 Å². The Hall–Kier alpha value is -0.670. The highest BCUT2D eigenvalue weighted by Crippen LogP contribution is 2.31. The van der Waals surface area contributed by atoms with Crippen LogP contribution in [0, 0.1) is 17.6 Å². The molecule has 0 amide bonds. The summed E-state index contributed by atoms with van der Waals surface area (Å²) in [7, 11) is 1.80. The first-order valence-electron chi connectivity index (χ1n) is 5.83. The second-order valence-corrected chi connectivity index (χ2v) is 4.73. The molecule has 1 nitrogen and oxygen atoms in total. The molecule has 1 rings (SSSR count). The number of rotatable bonds is 5. The zero-order valence-electron chi connectivity index (χ0n) is 10.4. The molecule has 0 aliphatic carbocycles. The summed E-state index contributed by atoms with van der Waals surface area (Å²) in [5.74, 6) is -1.45. The molecule has 0 fully saturated rings. The number of hydrogen-bond acceptors (Lipinski definition) is 1. The largest absolute Gasteiger partial charge is 0.313 e. The number of halogens is 3. The molecule has 2 atom stereocenters. The standard InChI is InChI=1S/C13H18ClF2N/c1-4-5-8(2)13(17-3)9-6-11(15)12(16)7-10(9)14/h6-8,13,17H,4-5H2,1-3H3. The van der Waals surface area contributed by atoms with E-state index in [1.807, 2.05) is 0 Å². The van der Waals surface area contributed by atoms with Crippen molar-refractivity contribution in [3.05, 3.63) is 34.4 Å². The maximum Gasteiger partial charge on any atom is 0.160 e. The summed E-state index contributed by atoms with van der Waals surface area (Å²) in [5, 5.41) is 3.39. The molecule has 1 aromatic rings. The molecule has 1 N–H and O–H groups in total. The first-order valence-corrected chi connectivity index (χ1v) is 6.20. The van der Waals surface area contributed by atoms with Gasteiger partial charge in [-0.3, -0.25) is 0 Å². The molecule has 2 unspecified atom stereocenters. The van der Waals surface area contributed by atoms with Crippen LogP contribution in [0.25, 0.3) is 0 Å². The lowest BCUT2D eigenvalue weighted by molar-refractivity contribution is 0.381. The van der Waals surface area contributed by atoms with Gasteiger partial charge in [-0.1, -0.05) is 31.9 Å². The SMILES string of the molecule is CCCC(C)C(NC)c1cc(F)c(F)cc1Cl. The van der Waals surface area contributed by atoms with Crippen LogP contribution in [0.2, 0.25) is 5.02 Å². The minimum Gasteiger partial charge on any atom is -0.313 e. The van der Waals surface area contributed by atoms with Crippen LogP contribution in [0.4, 0.5) is 8.78 Å². The van der Waals surface area contributed by atoms with E-state index >= 15 is 0 Å². The Morgan fingerprint density at radius 3 is 2.41 bits per heavy atom. The van der Waals surface area contributed by atoms with Crippen LogP contribution in [0.5, 0.6) is 0 Å². The molecule has 0 aliphatic rings. The van der Waals surface area contributed by atoms with Gasteiger partial charge in [0, 0.05) is 11.1 Å². The molecule has 0 radical (unpaired) electrons. The highest BCUT2D eigenvalue weighted by Gasteiger charge is 2.21. The number of benzene rings is 1. The summed E-state index contributed by atoms with van der Waals surface area (Å²) in [6.45, 7) is 4.17. The molecule has 0 saturated carbocycles. The third kappa shape index (κ3) is 3.39. The van der Waals surface area contributed by atoms with E-state index in [4.69, 9.17) is 11.6 Å². The van der Waals surface area contributed by atoms with Crippen LogP contribution in [0.1, 0.15) is 38.3 Å². The predicted molar refractivity (Wildman–Crippen MR) is 67.2 cm³/mol. The van der Waals surface area contributed by atoms with Gasteiger partial charge in [0.2, 0.25) is 0 Å². The van der Waals surface area contributed by atoms with Crippen molar-refractivity contribution in [3.8, 4) is 0 Å². The molecule has 17 heavy (non-hydrogen) atoms. The van der Waals surface area contributed by atoms with E-state index in [0.717, 1.165) is 18.9 Å². The van der Waals surface area contributed by atoms with E-state index in [9.17, 15) is 8.78 Å². The fourth-order valence-corrected chi connectivity index (χ4v) is 2.41. The highest BCUT2D eigenvalue weighted by atomic mass is 35.5. The van der Waals surface area contributed by atoms with Crippen LogP contribution >= 0.6 is 11.6 Å². The Bertz CT molecular complexity index is 382. The van der Waals surface area contributed by atoms with Crippen molar-refractivity contribution in [1.82, 2.24) is 5.32 Å². The molecule has 1 aromatic carbocycles. The molecule has 0 heterocycles. The first-order chi connectivity index (χ1) is 8.01. The van der Waals surface area contributed by atoms with Crippen molar-refractivity contribution >= 4 is 11.6 Å². The van der Waals surface area contributed by atoms with E-state index in [1.165, 1.54) is 6.07 Å². The van der Waals surface area contributed by atoms with Crippen LogP contribution < -0.4 is 5.32 Å². The Morgan fingerprint density at radius 1 is 1.29 bits per heavy atom. The van der Waals surface area contributed by atoms with E-state index in [-0.39, 0.29) is 11.1 Å². The molecule has 0 spiro atoms. The molecule has 0 saturated heterocycles. The fraction of sp³-hybridized carbons (Fsp3) is 0.538. The number of nitrogens with one attached hydrogen (secondary N) is 1. The fourth-order valence-electron chi connectivity index (χ4n) is 2.14. The summed E-state index contributed by atoms with van der Waals surface area (Å²) in [6.07, 6.45) is 2.04. The lowest BCUT2D eigenvalue weighted by Crippen LogP contribution is -2.24. The summed E-state index contributed by atoms with van der Waals surface area (Å²) in [4.78, 5) is 0. The van der Waals surface area contributed by atoms with Crippen molar-refractivity contribution in [3.63, 3.8) is 0 Å². The van der Waals surface area contributed by atoms with Crippen LogP contribution in [-0.4, -0.2) is 7.05 Å². The second-order valence-electron chi connectivity index (χ2n) is 4.32. The monoisotopic (exact) mass is 261 g/mol. The average molecular weight is 262 g/mol. The minimum atomic E-state index is -0.906. The molecule has 4 heteroatoms. The average Bonchev–Trinajstić information content (AvgIpc) is 2.26. The van der Waals surface area contributed by atoms with Gasteiger partial charge in [-0.25, -0.2) is 8.78 Å². The molecular formula is C13H18ClF2N. The van der Waals surface area contributed by atoms with Crippen molar-refractivity contribution < 1.29 is 8.78 Å². The predicted octanol–water partition coefficient (Wildman–Crippen LogP) is 4.31. The van der Waals surface area contributed by atoms with E-state index in [2.05, 4.69) is 19.2 Å². The number of hydrogen-bond donors (Lipinski definition) is 1. The van der Waals surface area contributed by atoms with Gasteiger partial charge in [-0.15, -0.1) is 0 Å². The van der Waals surface area contributed by atoms with Crippen LogP contribution in [0.3, 0.4) is 0 Å². The topological polar surface area (TPSA) is 12.0 Å². The molecule has 0 bridgehead atoms. The van der Waals surface area contributed by atoms with Gasteiger partial charge >= 0.3 is 0 Å². The third-order valence-corrected chi connectivity index (χ3v) is 3.33. The van der Waals surface area contributed by atoms with Crippen LogP contribution in [-0.2, 0) is 0 Å². The lowest BCUT2D eigenvalue weighted by atomic mass is 9.91. The third-order valence-electron chi connectivity index (χ3n) is 3.00. The zero-order chi connectivity index (χ0) is 13.0. The normalized spacial score (nSPS) is 14.7.